The molecule has 1 aliphatic rings. The molecule has 1 aromatic rings. The third-order valence-electron chi connectivity index (χ3n) is 3.56. The minimum Gasteiger partial charge on any atom is -0.480 e. The van der Waals surface area contributed by atoms with E-state index in [0.29, 0.717) is 17.0 Å². The Balaban J connectivity index is 2.26. The lowest BCUT2D eigenvalue weighted by Crippen LogP contribution is -2.40. The molecule has 1 heterocycles. The Hall–Kier alpha value is -1.59. The average Bonchev–Trinajstić information content (AvgIpc) is 2.85. The van der Waals surface area contributed by atoms with E-state index in [2.05, 4.69) is 0 Å². The number of aryl methyl sites for hydroxylation is 1. The molecule has 2 rings (SSSR count). The second-order valence-electron chi connectivity index (χ2n) is 4.87. The zero-order valence-corrected chi connectivity index (χ0v) is 12.1. The van der Waals surface area contributed by atoms with Gasteiger partial charge in [0.05, 0.1) is 6.10 Å². The van der Waals surface area contributed by atoms with Crippen molar-refractivity contribution in [3.8, 4) is 0 Å². The van der Waals surface area contributed by atoms with Crippen LogP contribution in [0.15, 0.2) is 18.2 Å². The molecule has 5 nitrogen and oxygen atoms in total. The van der Waals surface area contributed by atoms with Crippen LogP contribution < -0.4 is 0 Å². The van der Waals surface area contributed by atoms with Crippen LogP contribution in [0, 0.1) is 6.92 Å². The molecule has 0 spiro atoms. The lowest BCUT2D eigenvalue weighted by atomic mass is 10.1. The number of carboxylic acid groups (broad SMARTS) is 1. The van der Waals surface area contributed by atoms with Crippen molar-refractivity contribution in [3.63, 3.8) is 0 Å². The van der Waals surface area contributed by atoms with Gasteiger partial charge < -0.3 is 14.7 Å². The number of ether oxygens (including phenoxy) is 1. The van der Waals surface area contributed by atoms with E-state index in [4.69, 9.17) is 16.3 Å². The average molecular weight is 298 g/mol. The molecule has 0 aliphatic carbocycles. The van der Waals surface area contributed by atoms with Crippen molar-refractivity contribution in [1.82, 2.24) is 4.90 Å². The first kappa shape index (κ1) is 14.8. The molecule has 108 valence electrons. The van der Waals surface area contributed by atoms with Crippen LogP contribution in [0.3, 0.4) is 0 Å². The molecule has 0 radical (unpaired) electrons. The van der Waals surface area contributed by atoms with Crippen LogP contribution in [0.2, 0.25) is 5.02 Å². The molecule has 2 atom stereocenters. The summed E-state index contributed by atoms with van der Waals surface area (Å²) in [6.45, 7) is 2.12. The molecule has 1 saturated heterocycles. The maximum atomic E-state index is 12.4. The Bertz CT molecular complexity index is 546. The van der Waals surface area contributed by atoms with Gasteiger partial charge in [-0.2, -0.15) is 0 Å². The zero-order chi connectivity index (χ0) is 14.9. The van der Waals surface area contributed by atoms with Gasteiger partial charge in [-0.05, 0) is 24.6 Å². The highest BCUT2D eigenvalue weighted by atomic mass is 35.5. The third kappa shape index (κ3) is 2.78. The van der Waals surface area contributed by atoms with Crippen LogP contribution in [0.5, 0.6) is 0 Å². The Morgan fingerprint density at radius 1 is 1.45 bits per heavy atom. The number of amides is 1. The normalized spacial score (nSPS) is 22.1. The first-order valence-electron chi connectivity index (χ1n) is 6.26. The predicted molar refractivity (Wildman–Crippen MR) is 74.1 cm³/mol. The summed E-state index contributed by atoms with van der Waals surface area (Å²) >= 11 is 6.01. The van der Waals surface area contributed by atoms with Crippen LogP contribution in [0.1, 0.15) is 22.3 Å². The minimum absolute atomic E-state index is 0.249. The van der Waals surface area contributed by atoms with Crippen molar-refractivity contribution < 1.29 is 19.4 Å². The largest absolute Gasteiger partial charge is 0.480 e. The molecule has 0 bridgehead atoms. The number of hydrogen-bond donors (Lipinski definition) is 1. The quantitative estimate of drug-likeness (QED) is 0.926. The molecule has 20 heavy (non-hydrogen) atoms. The number of hydrogen-bond acceptors (Lipinski definition) is 3. The number of rotatable bonds is 3. The van der Waals surface area contributed by atoms with Crippen molar-refractivity contribution in [2.45, 2.75) is 25.5 Å². The minimum atomic E-state index is -1.02. The monoisotopic (exact) mass is 297 g/mol. The smallest absolute Gasteiger partial charge is 0.326 e. The molecule has 6 heteroatoms. The summed E-state index contributed by atoms with van der Waals surface area (Å²) in [6, 6.07) is 4.11. The number of carboxylic acids is 1. The van der Waals surface area contributed by atoms with E-state index in [9.17, 15) is 14.7 Å². The van der Waals surface area contributed by atoms with Crippen LogP contribution in [-0.2, 0) is 9.53 Å². The van der Waals surface area contributed by atoms with E-state index in [1.165, 1.54) is 12.0 Å². The number of aliphatic carboxylic acids is 1. The summed E-state index contributed by atoms with van der Waals surface area (Å²) < 4.78 is 5.17. The summed E-state index contributed by atoms with van der Waals surface area (Å²) in [5.74, 6) is -1.35. The fraction of sp³-hybridized carbons (Fsp3) is 0.429. The lowest BCUT2D eigenvalue weighted by molar-refractivity contribution is -0.141. The fourth-order valence-electron chi connectivity index (χ4n) is 2.32. The Labute approximate surface area is 122 Å². The van der Waals surface area contributed by atoms with Crippen molar-refractivity contribution in [3.05, 3.63) is 34.3 Å². The molecule has 1 aliphatic heterocycles. The van der Waals surface area contributed by atoms with Gasteiger partial charge in [-0.3, -0.25) is 4.79 Å². The highest BCUT2D eigenvalue weighted by molar-refractivity contribution is 6.31. The van der Waals surface area contributed by atoms with Gasteiger partial charge in [0.25, 0.3) is 5.91 Å². The van der Waals surface area contributed by atoms with Crippen LogP contribution >= 0.6 is 11.6 Å². The highest BCUT2D eigenvalue weighted by Gasteiger charge is 2.40. The first-order valence-corrected chi connectivity index (χ1v) is 6.64. The van der Waals surface area contributed by atoms with Crippen LogP contribution in [0.4, 0.5) is 0 Å². The van der Waals surface area contributed by atoms with Crippen LogP contribution in [-0.4, -0.2) is 47.7 Å². The number of likely N-dealkylation sites (tertiary alicyclic amines) is 1. The van der Waals surface area contributed by atoms with E-state index >= 15 is 0 Å². The Morgan fingerprint density at radius 2 is 2.15 bits per heavy atom. The fourth-order valence-corrected chi connectivity index (χ4v) is 2.50. The number of carbonyl (C=O) groups is 2. The van der Waals surface area contributed by atoms with E-state index in [1.54, 1.807) is 18.2 Å². The van der Waals surface area contributed by atoms with E-state index in [-0.39, 0.29) is 18.6 Å². The number of carbonyl (C=O) groups excluding carboxylic acids is 1. The summed E-state index contributed by atoms with van der Waals surface area (Å²) in [5, 5.41) is 9.71. The number of methoxy groups -OCH3 is 1. The summed E-state index contributed by atoms with van der Waals surface area (Å²) in [5.41, 5.74) is 1.26. The van der Waals surface area contributed by atoms with Crippen molar-refractivity contribution >= 4 is 23.5 Å². The second kappa shape index (κ2) is 5.81. The van der Waals surface area contributed by atoms with E-state index < -0.39 is 12.0 Å². The Morgan fingerprint density at radius 3 is 2.70 bits per heavy atom. The molecule has 1 N–H and O–H groups in total. The second-order valence-corrected chi connectivity index (χ2v) is 5.28. The topological polar surface area (TPSA) is 66.8 Å². The molecule has 0 saturated carbocycles. The highest BCUT2D eigenvalue weighted by Crippen LogP contribution is 2.24. The Kier molecular flexibility index (Phi) is 4.30. The van der Waals surface area contributed by atoms with Crippen LogP contribution in [0.25, 0.3) is 0 Å². The molecular weight excluding hydrogens is 282 g/mol. The molecule has 0 aromatic heterocycles. The van der Waals surface area contributed by atoms with Gasteiger partial charge in [0, 0.05) is 30.7 Å². The van der Waals surface area contributed by atoms with E-state index in [0.717, 1.165) is 5.56 Å². The standard InChI is InChI=1S/C14H16ClNO4/c1-8-3-4-9(5-11(8)15)13(17)16-7-10(20-2)6-12(16)14(18)19/h3-5,10,12H,6-7H2,1-2H3,(H,18,19). The van der Waals surface area contributed by atoms with Gasteiger partial charge >= 0.3 is 5.97 Å². The number of nitrogens with zero attached hydrogens (tertiary/aromatic N) is 1. The summed E-state index contributed by atoms with van der Waals surface area (Å²) in [7, 11) is 1.51. The zero-order valence-electron chi connectivity index (χ0n) is 11.3. The van der Waals surface area contributed by atoms with Crippen molar-refractivity contribution in [2.24, 2.45) is 0 Å². The summed E-state index contributed by atoms with van der Waals surface area (Å²) in [6.07, 6.45) is 0.0536. The van der Waals surface area contributed by atoms with E-state index in [1.807, 2.05) is 6.92 Å². The maximum Gasteiger partial charge on any atom is 0.326 e. The van der Waals surface area contributed by atoms with Gasteiger partial charge in [0.15, 0.2) is 0 Å². The van der Waals surface area contributed by atoms with Gasteiger partial charge in [-0.15, -0.1) is 0 Å². The number of benzene rings is 1. The van der Waals surface area contributed by atoms with Crippen molar-refractivity contribution in [2.75, 3.05) is 13.7 Å². The molecular formula is C14H16ClNO4. The predicted octanol–water partition coefficient (Wildman–Crippen LogP) is 1.96. The maximum absolute atomic E-state index is 12.4. The SMILES string of the molecule is COC1CC(C(=O)O)N(C(=O)c2ccc(C)c(Cl)c2)C1. The van der Waals surface area contributed by atoms with Crippen molar-refractivity contribution in [1.29, 1.82) is 0 Å². The van der Waals surface area contributed by atoms with Gasteiger partial charge in [0.2, 0.25) is 0 Å². The van der Waals surface area contributed by atoms with Gasteiger partial charge in [0.1, 0.15) is 6.04 Å². The third-order valence-corrected chi connectivity index (χ3v) is 3.97. The van der Waals surface area contributed by atoms with Gasteiger partial charge in [-0.25, -0.2) is 4.79 Å². The molecule has 2 unspecified atom stereocenters. The first-order chi connectivity index (χ1) is 9.43. The lowest BCUT2D eigenvalue weighted by Gasteiger charge is -2.21. The number of halogens is 1. The summed E-state index contributed by atoms with van der Waals surface area (Å²) in [4.78, 5) is 25.0. The van der Waals surface area contributed by atoms with Gasteiger partial charge in [-0.1, -0.05) is 17.7 Å². The molecule has 1 fully saturated rings. The molecule has 1 amide bonds. The molecule has 1 aromatic carbocycles.